The maximum absolute atomic E-state index is 12.4. The van der Waals surface area contributed by atoms with Crippen LogP contribution in [0.4, 0.5) is 0 Å². The Morgan fingerprint density at radius 1 is 1.07 bits per heavy atom. The van der Waals surface area contributed by atoms with E-state index in [1.807, 2.05) is 43.3 Å². The lowest BCUT2D eigenvalue weighted by Gasteiger charge is -2.15. The van der Waals surface area contributed by atoms with E-state index >= 15 is 0 Å². The Bertz CT molecular complexity index is 944. The quantitative estimate of drug-likeness (QED) is 0.750. The largest absolute Gasteiger partial charge is 0.349 e. The van der Waals surface area contributed by atoms with Crippen LogP contribution < -0.4 is 5.32 Å². The molecule has 2 aromatic carbocycles. The first-order chi connectivity index (χ1) is 13.2. The third-order valence-electron chi connectivity index (χ3n) is 5.11. The molecule has 1 aromatic heterocycles. The zero-order valence-corrected chi connectivity index (χ0v) is 15.7. The molecule has 0 unspecified atom stereocenters. The molecule has 0 bridgehead atoms. The number of nitrogens with zero attached hydrogens (tertiary/aromatic N) is 2. The predicted octanol–water partition coefficient (Wildman–Crippen LogP) is 3.92. The van der Waals surface area contributed by atoms with Gasteiger partial charge in [0.25, 0.3) is 0 Å². The van der Waals surface area contributed by atoms with Crippen molar-refractivity contribution in [1.29, 1.82) is 0 Å². The van der Waals surface area contributed by atoms with Gasteiger partial charge in [0.05, 0.1) is 18.7 Å². The molecule has 138 valence electrons. The number of nitrogens with one attached hydrogen (secondary N) is 1. The molecule has 27 heavy (non-hydrogen) atoms. The molecule has 4 heteroatoms. The minimum absolute atomic E-state index is 0.0289. The Morgan fingerprint density at radius 2 is 1.89 bits per heavy atom. The van der Waals surface area contributed by atoms with Gasteiger partial charge in [-0.3, -0.25) is 9.36 Å². The van der Waals surface area contributed by atoms with Crippen LogP contribution in [0.5, 0.6) is 0 Å². The number of aromatic nitrogens is 2. The normalized spacial score (nSPS) is 13.2. The molecular weight excluding hydrogens is 334 g/mol. The summed E-state index contributed by atoms with van der Waals surface area (Å²) in [6.45, 7) is 2.50. The standard InChI is InChI=1S/C23H25N3O/c1-17-8-7-9-18(14-17)15-23(27)24-16-22-25-20-12-5-6-13-21(20)26(22)19-10-3-2-4-11-19/h2-4,7-11,14H,5-6,12-13,15-16H2,1H3,(H,24,27). The highest BCUT2D eigenvalue weighted by molar-refractivity contribution is 5.78. The zero-order valence-electron chi connectivity index (χ0n) is 15.7. The van der Waals surface area contributed by atoms with Crippen molar-refractivity contribution >= 4 is 5.91 Å². The molecule has 1 aliphatic carbocycles. The minimum atomic E-state index is 0.0289. The minimum Gasteiger partial charge on any atom is -0.349 e. The molecule has 1 N–H and O–H groups in total. The van der Waals surface area contributed by atoms with E-state index in [1.54, 1.807) is 0 Å². The number of amides is 1. The molecular formula is C23H25N3O. The highest BCUT2D eigenvalue weighted by Crippen LogP contribution is 2.25. The Labute approximate surface area is 160 Å². The summed E-state index contributed by atoms with van der Waals surface area (Å²) in [5, 5.41) is 3.06. The fourth-order valence-electron chi connectivity index (χ4n) is 3.84. The second-order valence-corrected chi connectivity index (χ2v) is 7.24. The molecule has 0 radical (unpaired) electrons. The molecule has 0 atom stereocenters. The summed E-state index contributed by atoms with van der Waals surface area (Å²) in [5.74, 6) is 0.951. The lowest BCUT2D eigenvalue weighted by atomic mass is 10.0. The van der Waals surface area contributed by atoms with Crippen molar-refractivity contribution in [2.45, 2.75) is 45.6 Å². The number of fused-ring (bicyclic) bond motifs is 1. The number of carbonyl (C=O) groups is 1. The van der Waals surface area contributed by atoms with Gasteiger partial charge >= 0.3 is 0 Å². The van der Waals surface area contributed by atoms with Crippen LogP contribution >= 0.6 is 0 Å². The lowest BCUT2D eigenvalue weighted by Crippen LogP contribution is -2.26. The number of para-hydroxylation sites is 1. The highest BCUT2D eigenvalue weighted by atomic mass is 16.1. The van der Waals surface area contributed by atoms with Crippen molar-refractivity contribution in [3.05, 3.63) is 82.9 Å². The zero-order chi connectivity index (χ0) is 18.6. The van der Waals surface area contributed by atoms with Crippen molar-refractivity contribution < 1.29 is 4.79 Å². The summed E-state index contributed by atoms with van der Waals surface area (Å²) < 4.78 is 2.24. The fourth-order valence-corrected chi connectivity index (χ4v) is 3.84. The van der Waals surface area contributed by atoms with E-state index in [-0.39, 0.29) is 5.91 Å². The van der Waals surface area contributed by atoms with Gasteiger partial charge in [-0.05, 0) is 50.3 Å². The molecule has 4 nitrogen and oxygen atoms in total. The average molecular weight is 359 g/mol. The number of hydrogen-bond acceptors (Lipinski definition) is 2. The van der Waals surface area contributed by atoms with Crippen LogP contribution in [0.25, 0.3) is 5.69 Å². The van der Waals surface area contributed by atoms with Crippen molar-refractivity contribution in [2.75, 3.05) is 0 Å². The number of aryl methyl sites for hydroxylation is 2. The van der Waals surface area contributed by atoms with Crippen molar-refractivity contribution in [1.82, 2.24) is 14.9 Å². The van der Waals surface area contributed by atoms with E-state index in [0.717, 1.165) is 29.9 Å². The lowest BCUT2D eigenvalue weighted by molar-refractivity contribution is -0.120. The van der Waals surface area contributed by atoms with E-state index < -0.39 is 0 Å². The van der Waals surface area contributed by atoms with Gasteiger partial charge in [0.2, 0.25) is 5.91 Å². The molecule has 0 saturated heterocycles. The highest BCUT2D eigenvalue weighted by Gasteiger charge is 2.21. The van der Waals surface area contributed by atoms with Gasteiger partial charge in [-0.1, -0.05) is 48.0 Å². The molecule has 0 spiro atoms. The van der Waals surface area contributed by atoms with Gasteiger partial charge in [0.15, 0.2) is 0 Å². The van der Waals surface area contributed by atoms with Gasteiger partial charge < -0.3 is 5.32 Å². The maximum atomic E-state index is 12.4. The molecule has 3 aromatic rings. The van der Waals surface area contributed by atoms with Crippen molar-refractivity contribution in [3.63, 3.8) is 0 Å². The number of benzene rings is 2. The Kier molecular flexibility index (Phi) is 5.05. The van der Waals surface area contributed by atoms with Gasteiger partial charge in [-0.25, -0.2) is 4.98 Å². The van der Waals surface area contributed by atoms with Gasteiger partial charge in [-0.2, -0.15) is 0 Å². The predicted molar refractivity (Wildman–Crippen MR) is 107 cm³/mol. The van der Waals surface area contributed by atoms with Crippen LogP contribution in [-0.4, -0.2) is 15.5 Å². The topological polar surface area (TPSA) is 46.9 Å². The smallest absolute Gasteiger partial charge is 0.224 e. The molecule has 0 saturated carbocycles. The summed E-state index contributed by atoms with van der Waals surface area (Å²) in [7, 11) is 0. The van der Waals surface area contributed by atoms with E-state index in [0.29, 0.717) is 13.0 Å². The molecule has 0 fully saturated rings. The second kappa shape index (κ2) is 7.78. The van der Waals surface area contributed by atoms with Crippen LogP contribution in [0.1, 0.15) is 41.2 Å². The van der Waals surface area contributed by atoms with Gasteiger partial charge in [0, 0.05) is 11.4 Å². The first-order valence-electron chi connectivity index (χ1n) is 9.68. The van der Waals surface area contributed by atoms with Crippen LogP contribution in [-0.2, 0) is 30.6 Å². The van der Waals surface area contributed by atoms with Crippen molar-refractivity contribution in [2.24, 2.45) is 0 Å². The van der Waals surface area contributed by atoms with E-state index in [1.165, 1.54) is 29.8 Å². The average Bonchev–Trinajstić information content (AvgIpc) is 3.05. The first kappa shape index (κ1) is 17.5. The maximum Gasteiger partial charge on any atom is 0.224 e. The summed E-state index contributed by atoms with van der Waals surface area (Å²) in [6, 6.07) is 18.4. The number of imidazole rings is 1. The third-order valence-corrected chi connectivity index (χ3v) is 5.11. The number of carbonyl (C=O) groups excluding carboxylic acids is 1. The summed E-state index contributed by atoms with van der Waals surface area (Å²) in [4.78, 5) is 17.3. The number of hydrogen-bond donors (Lipinski definition) is 1. The third kappa shape index (κ3) is 3.95. The van der Waals surface area contributed by atoms with Crippen LogP contribution in [0.15, 0.2) is 54.6 Å². The van der Waals surface area contributed by atoms with E-state index in [4.69, 9.17) is 4.98 Å². The van der Waals surface area contributed by atoms with Gasteiger partial charge in [-0.15, -0.1) is 0 Å². The molecule has 0 aliphatic heterocycles. The first-order valence-corrected chi connectivity index (χ1v) is 9.68. The van der Waals surface area contributed by atoms with Crippen molar-refractivity contribution in [3.8, 4) is 5.69 Å². The summed E-state index contributed by atoms with van der Waals surface area (Å²) in [5.41, 5.74) is 5.82. The molecule has 1 aliphatic rings. The van der Waals surface area contributed by atoms with Crippen LogP contribution in [0.3, 0.4) is 0 Å². The Hall–Kier alpha value is -2.88. The fraction of sp³-hybridized carbons (Fsp3) is 0.304. The molecule has 1 heterocycles. The van der Waals surface area contributed by atoms with E-state index in [9.17, 15) is 4.79 Å². The molecule has 4 rings (SSSR count). The Balaban J connectivity index is 1.53. The van der Waals surface area contributed by atoms with E-state index in [2.05, 4.69) is 28.1 Å². The van der Waals surface area contributed by atoms with Crippen LogP contribution in [0.2, 0.25) is 0 Å². The van der Waals surface area contributed by atoms with Gasteiger partial charge in [0.1, 0.15) is 5.82 Å². The SMILES string of the molecule is Cc1cccc(CC(=O)NCc2nc3c(n2-c2ccccc2)CCCC3)c1. The number of rotatable bonds is 5. The Morgan fingerprint density at radius 3 is 2.70 bits per heavy atom. The summed E-state index contributed by atoms with van der Waals surface area (Å²) in [6.07, 6.45) is 4.87. The molecule has 1 amide bonds. The summed E-state index contributed by atoms with van der Waals surface area (Å²) >= 11 is 0. The van der Waals surface area contributed by atoms with Crippen LogP contribution in [0, 0.1) is 6.92 Å². The monoisotopic (exact) mass is 359 g/mol. The second-order valence-electron chi connectivity index (χ2n) is 7.24.